The molecule has 1 amide bonds. The second kappa shape index (κ2) is 7.86. The molecule has 0 spiro atoms. The molecule has 4 rings (SSSR count). The van der Waals surface area contributed by atoms with Gasteiger partial charge in [0, 0.05) is 25.1 Å². The van der Waals surface area contributed by atoms with E-state index < -0.39 is 23.4 Å². The second-order valence-electron chi connectivity index (χ2n) is 6.55. The molecule has 29 heavy (non-hydrogen) atoms. The van der Waals surface area contributed by atoms with Crippen molar-refractivity contribution in [3.8, 4) is 5.82 Å². The van der Waals surface area contributed by atoms with Gasteiger partial charge in [0.15, 0.2) is 23.3 Å². The number of piperidine rings is 1. The van der Waals surface area contributed by atoms with Crippen LogP contribution in [0.15, 0.2) is 37.2 Å². The van der Waals surface area contributed by atoms with Gasteiger partial charge in [0.2, 0.25) is 5.91 Å². The number of nitrogens with one attached hydrogen (secondary N) is 1. The van der Waals surface area contributed by atoms with Gasteiger partial charge in [-0.2, -0.15) is 5.10 Å². The lowest BCUT2D eigenvalue weighted by Gasteiger charge is -2.32. The Bertz CT molecular complexity index is 1020. The smallest absolute Gasteiger partial charge is 0.227 e. The minimum Gasteiger partial charge on any atom is -0.356 e. The minimum absolute atomic E-state index is 0.371. The number of amides is 1. The Kier molecular flexibility index (Phi) is 5.10. The van der Waals surface area contributed by atoms with E-state index in [2.05, 4.69) is 25.4 Å². The van der Waals surface area contributed by atoms with Gasteiger partial charge in [-0.25, -0.2) is 32.8 Å². The molecule has 1 N–H and O–H groups in total. The first-order valence-corrected chi connectivity index (χ1v) is 8.89. The van der Waals surface area contributed by atoms with Crippen LogP contribution in [-0.2, 0) is 4.79 Å². The largest absolute Gasteiger partial charge is 0.356 e. The molecule has 1 aromatic carbocycles. The Morgan fingerprint density at radius 1 is 1.03 bits per heavy atom. The maximum atomic E-state index is 13.8. The average molecular weight is 403 g/mol. The molecule has 0 aliphatic carbocycles. The normalized spacial score (nSPS) is 14.8. The number of hydrogen-bond acceptors (Lipinski definition) is 6. The highest BCUT2D eigenvalue weighted by atomic mass is 19.2. The highest BCUT2D eigenvalue weighted by Crippen LogP contribution is 2.25. The molecule has 3 heterocycles. The van der Waals surface area contributed by atoms with Crippen molar-refractivity contribution < 1.29 is 18.0 Å². The minimum atomic E-state index is -1.61. The van der Waals surface area contributed by atoms with Gasteiger partial charge in [-0.1, -0.05) is 0 Å². The number of nitrogens with zero attached hydrogens (tertiary/aromatic N) is 6. The summed E-state index contributed by atoms with van der Waals surface area (Å²) in [6, 6.07) is 3.55. The van der Waals surface area contributed by atoms with E-state index in [9.17, 15) is 18.0 Å². The van der Waals surface area contributed by atoms with Crippen LogP contribution < -0.4 is 10.2 Å². The fourth-order valence-electron chi connectivity index (χ4n) is 3.19. The number of benzene rings is 1. The summed E-state index contributed by atoms with van der Waals surface area (Å²) in [5, 5.41) is 6.38. The molecule has 0 bridgehead atoms. The Balaban J connectivity index is 1.39. The summed E-state index contributed by atoms with van der Waals surface area (Å²) in [4.78, 5) is 26.7. The van der Waals surface area contributed by atoms with E-state index in [0.717, 1.165) is 12.1 Å². The zero-order valence-electron chi connectivity index (χ0n) is 15.1. The van der Waals surface area contributed by atoms with E-state index >= 15 is 0 Å². The highest BCUT2D eigenvalue weighted by Gasteiger charge is 2.27. The van der Waals surface area contributed by atoms with Crippen molar-refractivity contribution in [1.82, 2.24) is 24.7 Å². The van der Waals surface area contributed by atoms with E-state index in [1.807, 2.05) is 4.90 Å². The van der Waals surface area contributed by atoms with E-state index in [1.165, 1.54) is 23.7 Å². The van der Waals surface area contributed by atoms with E-state index in [0.29, 0.717) is 37.6 Å². The quantitative estimate of drug-likeness (QED) is 0.673. The van der Waals surface area contributed by atoms with Crippen LogP contribution in [0.3, 0.4) is 0 Å². The molecule has 0 radical (unpaired) electrons. The monoisotopic (exact) mass is 403 g/mol. The molecule has 2 aromatic heterocycles. The molecule has 1 aliphatic rings. The summed E-state index contributed by atoms with van der Waals surface area (Å²) < 4.78 is 41.6. The SMILES string of the molecule is O=C(Nc1ccc(F)c(F)c1F)C1CCN(c2cc(-n3cncn3)ncn2)CC1. The van der Waals surface area contributed by atoms with Crippen LogP contribution in [0.25, 0.3) is 5.82 Å². The van der Waals surface area contributed by atoms with Gasteiger partial charge in [0.25, 0.3) is 0 Å². The summed E-state index contributed by atoms with van der Waals surface area (Å²) >= 11 is 0. The molecule has 150 valence electrons. The van der Waals surface area contributed by atoms with Crippen molar-refractivity contribution in [3.63, 3.8) is 0 Å². The summed E-state index contributed by atoms with van der Waals surface area (Å²) in [7, 11) is 0. The predicted octanol–water partition coefficient (Wildman–Crippen LogP) is 2.33. The van der Waals surface area contributed by atoms with Crippen molar-refractivity contribution in [2.45, 2.75) is 12.8 Å². The van der Waals surface area contributed by atoms with E-state index in [4.69, 9.17) is 0 Å². The van der Waals surface area contributed by atoms with Crippen LogP contribution in [0.4, 0.5) is 24.7 Å². The molecule has 11 heteroatoms. The zero-order chi connectivity index (χ0) is 20.4. The second-order valence-corrected chi connectivity index (χ2v) is 6.55. The Morgan fingerprint density at radius 3 is 2.52 bits per heavy atom. The number of aromatic nitrogens is 5. The van der Waals surface area contributed by atoms with Crippen LogP contribution >= 0.6 is 0 Å². The van der Waals surface area contributed by atoms with Gasteiger partial charge in [0.05, 0.1) is 5.69 Å². The maximum Gasteiger partial charge on any atom is 0.227 e. The van der Waals surface area contributed by atoms with E-state index in [1.54, 1.807) is 6.07 Å². The summed E-state index contributed by atoms with van der Waals surface area (Å²) in [5.74, 6) is -3.86. The maximum absolute atomic E-state index is 13.8. The molecule has 0 unspecified atom stereocenters. The molecule has 1 fully saturated rings. The van der Waals surface area contributed by atoms with Gasteiger partial charge in [0.1, 0.15) is 24.8 Å². The third-order valence-electron chi connectivity index (χ3n) is 4.77. The standard InChI is InChI=1S/C18H16F3N7O/c19-12-1-2-13(17(21)16(12)20)26-18(29)11-3-5-27(6-4-11)14-7-15(24-9-23-14)28-10-22-8-25-28/h1-2,7-11H,3-6H2,(H,26,29). The molecular formula is C18H16F3N7O. The number of carbonyl (C=O) groups excluding carboxylic acids is 1. The predicted molar refractivity (Wildman–Crippen MR) is 96.8 cm³/mol. The van der Waals surface area contributed by atoms with Crippen molar-refractivity contribution in [2.24, 2.45) is 5.92 Å². The summed E-state index contributed by atoms with van der Waals surface area (Å²) in [6.45, 7) is 1.10. The van der Waals surface area contributed by atoms with Crippen molar-refractivity contribution >= 4 is 17.4 Å². The molecular weight excluding hydrogens is 387 g/mol. The summed E-state index contributed by atoms with van der Waals surface area (Å²) in [5.41, 5.74) is -0.371. The van der Waals surface area contributed by atoms with Gasteiger partial charge in [-0.05, 0) is 25.0 Å². The van der Waals surface area contributed by atoms with Crippen molar-refractivity contribution in [3.05, 3.63) is 54.6 Å². The van der Waals surface area contributed by atoms with Crippen LogP contribution in [0, 0.1) is 23.4 Å². The first-order valence-electron chi connectivity index (χ1n) is 8.89. The number of rotatable bonds is 4. The Hall–Kier alpha value is -3.50. The lowest BCUT2D eigenvalue weighted by molar-refractivity contribution is -0.120. The van der Waals surface area contributed by atoms with E-state index in [-0.39, 0.29) is 11.6 Å². The topological polar surface area (TPSA) is 88.8 Å². The number of anilines is 2. The van der Waals surface area contributed by atoms with Gasteiger partial charge >= 0.3 is 0 Å². The number of halogens is 3. The van der Waals surface area contributed by atoms with Crippen LogP contribution in [-0.4, -0.2) is 43.7 Å². The lowest BCUT2D eigenvalue weighted by Crippen LogP contribution is -2.38. The fraction of sp³-hybridized carbons (Fsp3) is 0.278. The van der Waals surface area contributed by atoms with Gasteiger partial charge in [-0.15, -0.1) is 0 Å². The molecule has 0 saturated carbocycles. The third-order valence-corrected chi connectivity index (χ3v) is 4.77. The van der Waals surface area contributed by atoms with Gasteiger partial charge in [-0.3, -0.25) is 4.79 Å². The molecule has 1 aliphatic heterocycles. The fourth-order valence-corrected chi connectivity index (χ4v) is 3.19. The number of hydrogen-bond donors (Lipinski definition) is 1. The summed E-state index contributed by atoms with van der Waals surface area (Å²) in [6.07, 6.45) is 5.36. The molecule has 3 aromatic rings. The first-order chi connectivity index (χ1) is 14.0. The lowest BCUT2D eigenvalue weighted by atomic mass is 9.95. The molecule has 0 atom stereocenters. The zero-order valence-corrected chi connectivity index (χ0v) is 15.1. The van der Waals surface area contributed by atoms with Crippen LogP contribution in [0.2, 0.25) is 0 Å². The highest BCUT2D eigenvalue weighted by molar-refractivity contribution is 5.92. The average Bonchev–Trinajstić information content (AvgIpc) is 3.29. The van der Waals surface area contributed by atoms with Crippen molar-refractivity contribution in [2.75, 3.05) is 23.3 Å². The van der Waals surface area contributed by atoms with Crippen LogP contribution in [0.5, 0.6) is 0 Å². The number of carbonyl (C=O) groups is 1. The molecule has 1 saturated heterocycles. The molecule has 8 nitrogen and oxygen atoms in total. The van der Waals surface area contributed by atoms with Crippen molar-refractivity contribution in [1.29, 1.82) is 0 Å². The van der Waals surface area contributed by atoms with Crippen LogP contribution in [0.1, 0.15) is 12.8 Å². The Morgan fingerprint density at radius 2 is 1.79 bits per heavy atom. The third kappa shape index (κ3) is 3.89. The Labute approximate surface area is 163 Å². The van der Waals surface area contributed by atoms with Gasteiger partial charge < -0.3 is 10.2 Å². The first kappa shape index (κ1) is 18.8.